The largest absolute Gasteiger partial charge is 0.378 e. The zero-order chi connectivity index (χ0) is 8.48. The van der Waals surface area contributed by atoms with E-state index in [4.69, 9.17) is 20.2 Å². The highest BCUT2D eigenvalue weighted by Gasteiger charge is 2.37. The van der Waals surface area contributed by atoms with Crippen molar-refractivity contribution >= 4 is 19.7 Å². The van der Waals surface area contributed by atoms with Gasteiger partial charge in [0.2, 0.25) is 9.05 Å². The second-order valence-electron chi connectivity index (χ2n) is 2.33. The molecule has 6 heteroatoms. The Kier molecular flexibility index (Phi) is 2.74. The molecule has 0 amide bonds. The Balaban J connectivity index is 2.72. The number of methoxy groups -OCH3 is 1. The van der Waals surface area contributed by atoms with E-state index in [1.165, 1.54) is 7.11 Å². The van der Waals surface area contributed by atoms with Gasteiger partial charge in [0.25, 0.3) is 0 Å². The summed E-state index contributed by atoms with van der Waals surface area (Å²) in [5, 5.41) is -0.714. The van der Waals surface area contributed by atoms with Crippen molar-refractivity contribution < 1.29 is 17.9 Å². The van der Waals surface area contributed by atoms with E-state index in [1.807, 2.05) is 0 Å². The van der Waals surface area contributed by atoms with Gasteiger partial charge in [0, 0.05) is 17.8 Å². The molecule has 11 heavy (non-hydrogen) atoms. The second kappa shape index (κ2) is 3.26. The fourth-order valence-corrected chi connectivity index (χ4v) is 2.31. The van der Waals surface area contributed by atoms with Crippen LogP contribution in [0, 0.1) is 0 Å². The van der Waals surface area contributed by atoms with Crippen molar-refractivity contribution in [3.05, 3.63) is 0 Å². The van der Waals surface area contributed by atoms with Crippen LogP contribution in [-0.4, -0.2) is 40.1 Å². The first-order chi connectivity index (χ1) is 5.05. The maximum absolute atomic E-state index is 10.8. The summed E-state index contributed by atoms with van der Waals surface area (Å²) >= 11 is 0. The molecule has 0 aromatic carbocycles. The normalized spacial score (nSPS) is 32.5. The predicted octanol–water partition coefficient (Wildman–Crippen LogP) is -0.0312. The first-order valence-corrected chi connectivity index (χ1v) is 5.47. The van der Waals surface area contributed by atoms with Gasteiger partial charge in [0.1, 0.15) is 11.4 Å². The lowest BCUT2D eigenvalue weighted by molar-refractivity contribution is 0.0830. The number of hydrogen-bond acceptors (Lipinski definition) is 4. The molecular weight excluding hydrogens is 192 g/mol. The van der Waals surface area contributed by atoms with E-state index in [1.54, 1.807) is 0 Å². The third-order valence-electron chi connectivity index (χ3n) is 1.64. The lowest BCUT2D eigenvalue weighted by Gasteiger charge is -2.11. The Morgan fingerprint density at radius 1 is 1.55 bits per heavy atom. The van der Waals surface area contributed by atoms with Crippen molar-refractivity contribution in [2.45, 2.75) is 11.4 Å². The van der Waals surface area contributed by atoms with Gasteiger partial charge in [-0.15, -0.1) is 0 Å². The molecule has 1 rings (SSSR count). The Morgan fingerprint density at radius 3 is 2.55 bits per heavy atom. The molecule has 4 nitrogen and oxygen atoms in total. The van der Waals surface area contributed by atoms with Gasteiger partial charge in [0.05, 0.1) is 13.2 Å². The first kappa shape index (κ1) is 9.25. The number of hydrogen-bond donors (Lipinski definition) is 0. The molecule has 0 aromatic rings. The summed E-state index contributed by atoms with van der Waals surface area (Å²) in [6.07, 6.45) is -0.419. The Hall–Kier alpha value is 0.160. The average molecular weight is 201 g/mol. The van der Waals surface area contributed by atoms with Crippen LogP contribution in [0.4, 0.5) is 0 Å². The molecule has 0 aliphatic carbocycles. The third kappa shape index (κ3) is 2.05. The highest BCUT2D eigenvalue weighted by Crippen LogP contribution is 2.19. The summed E-state index contributed by atoms with van der Waals surface area (Å²) in [5.74, 6) is 0. The third-order valence-corrected chi connectivity index (χ3v) is 3.49. The maximum Gasteiger partial charge on any atom is 0.240 e. The minimum absolute atomic E-state index is 0.129. The van der Waals surface area contributed by atoms with E-state index in [9.17, 15) is 8.42 Å². The van der Waals surface area contributed by atoms with Crippen LogP contribution in [0.5, 0.6) is 0 Å². The lowest BCUT2D eigenvalue weighted by atomic mass is 10.3. The molecule has 0 saturated carbocycles. The number of rotatable bonds is 2. The van der Waals surface area contributed by atoms with Gasteiger partial charge in [0.15, 0.2) is 0 Å². The highest BCUT2D eigenvalue weighted by molar-refractivity contribution is 8.14. The Labute approximate surface area is 69.9 Å². The molecule has 0 spiro atoms. The smallest absolute Gasteiger partial charge is 0.240 e. The van der Waals surface area contributed by atoms with Crippen LogP contribution in [0.25, 0.3) is 0 Å². The summed E-state index contributed by atoms with van der Waals surface area (Å²) in [5.41, 5.74) is 0. The molecule has 0 radical (unpaired) electrons. The van der Waals surface area contributed by atoms with Gasteiger partial charge in [-0.25, -0.2) is 8.42 Å². The van der Waals surface area contributed by atoms with Crippen molar-refractivity contribution in [1.82, 2.24) is 0 Å². The molecule has 1 saturated heterocycles. The Bertz CT molecular complexity index is 225. The van der Waals surface area contributed by atoms with Gasteiger partial charge in [-0.3, -0.25) is 0 Å². The molecule has 0 unspecified atom stereocenters. The lowest BCUT2D eigenvalue weighted by Crippen LogP contribution is -2.31. The quantitative estimate of drug-likeness (QED) is 0.588. The van der Waals surface area contributed by atoms with Gasteiger partial charge in [-0.2, -0.15) is 0 Å². The summed E-state index contributed by atoms with van der Waals surface area (Å²) < 4.78 is 31.4. The predicted molar refractivity (Wildman–Crippen MR) is 40.2 cm³/mol. The van der Waals surface area contributed by atoms with Crippen molar-refractivity contribution in [1.29, 1.82) is 0 Å². The van der Waals surface area contributed by atoms with Gasteiger partial charge in [-0.05, 0) is 0 Å². The molecule has 1 heterocycles. The topological polar surface area (TPSA) is 52.6 Å². The maximum atomic E-state index is 10.8. The SMILES string of the molecule is CO[C@H]1COC[C@H]1S(=O)(=O)Cl. The van der Waals surface area contributed by atoms with E-state index in [0.717, 1.165) is 0 Å². The summed E-state index contributed by atoms with van der Waals surface area (Å²) in [6.45, 7) is 0.428. The standard InChI is InChI=1S/C5H9ClO4S/c1-9-4-2-10-3-5(4)11(6,7)8/h4-5H,2-3H2,1H3/t4-,5+/m0/s1. The van der Waals surface area contributed by atoms with Crippen LogP contribution in [0.15, 0.2) is 0 Å². The number of ether oxygens (including phenoxy) is 2. The highest BCUT2D eigenvalue weighted by atomic mass is 35.7. The molecule has 1 fully saturated rings. The van der Waals surface area contributed by atoms with Gasteiger partial charge in [-0.1, -0.05) is 0 Å². The fourth-order valence-electron chi connectivity index (χ4n) is 0.997. The summed E-state index contributed by atoms with van der Waals surface area (Å²) in [4.78, 5) is 0. The Morgan fingerprint density at radius 2 is 2.18 bits per heavy atom. The van der Waals surface area contributed by atoms with Gasteiger partial charge < -0.3 is 9.47 Å². The van der Waals surface area contributed by atoms with Crippen LogP contribution in [-0.2, 0) is 18.5 Å². The molecule has 2 atom stereocenters. The average Bonchev–Trinajstić information content (AvgIpc) is 2.31. The van der Waals surface area contributed by atoms with Crippen LogP contribution < -0.4 is 0 Å². The van der Waals surface area contributed by atoms with Crippen molar-refractivity contribution in [3.63, 3.8) is 0 Å². The molecule has 0 bridgehead atoms. The van der Waals surface area contributed by atoms with Crippen molar-refractivity contribution in [2.75, 3.05) is 20.3 Å². The fraction of sp³-hybridized carbons (Fsp3) is 1.00. The molecule has 1 aliphatic heterocycles. The second-order valence-corrected chi connectivity index (χ2v) is 5.17. The molecule has 0 N–H and O–H groups in total. The minimum Gasteiger partial charge on any atom is -0.378 e. The zero-order valence-corrected chi connectivity index (χ0v) is 7.56. The first-order valence-electron chi connectivity index (χ1n) is 3.09. The molecular formula is C5H9ClO4S. The van der Waals surface area contributed by atoms with Crippen LogP contribution in [0.2, 0.25) is 0 Å². The van der Waals surface area contributed by atoms with Crippen LogP contribution in [0.1, 0.15) is 0 Å². The molecule has 0 aromatic heterocycles. The van der Waals surface area contributed by atoms with Gasteiger partial charge >= 0.3 is 0 Å². The zero-order valence-electron chi connectivity index (χ0n) is 5.99. The van der Waals surface area contributed by atoms with E-state index >= 15 is 0 Å². The van der Waals surface area contributed by atoms with E-state index in [0.29, 0.717) is 6.61 Å². The minimum atomic E-state index is -3.54. The summed E-state index contributed by atoms with van der Waals surface area (Å²) in [6, 6.07) is 0. The summed E-state index contributed by atoms with van der Waals surface area (Å²) in [7, 11) is 3.02. The van der Waals surface area contributed by atoms with Crippen molar-refractivity contribution in [2.24, 2.45) is 0 Å². The van der Waals surface area contributed by atoms with E-state index in [-0.39, 0.29) is 6.61 Å². The van der Waals surface area contributed by atoms with E-state index < -0.39 is 20.4 Å². The van der Waals surface area contributed by atoms with Crippen LogP contribution >= 0.6 is 10.7 Å². The van der Waals surface area contributed by atoms with Crippen molar-refractivity contribution in [3.8, 4) is 0 Å². The number of halogens is 1. The van der Waals surface area contributed by atoms with E-state index in [2.05, 4.69) is 0 Å². The monoisotopic (exact) mass is 200 g/mol. The van der Waals surface area contributed by atoms with Crippen LogP contribution in [0.3, 0.4) is 0 Å². The molecule has 66 valence electrons. The molecule has 1 aliphatic rings.